The monoisotopic (exact) mass is 384 g/mol. The maximum absolute atomic E-state index is 5.89. The Morgan fingerprint density at radius 1 is 1.36 bits per heavy atom. The van der Waals surface area contributed by atoms with Crippen molar-refractivity contribution in [3.8, 4) is 11.5 Å². The second-order valence-electron chi connectivity index (χ2n) is 2.53. The van der Waals surface area contributed by atoms with Crippen molar-refractivity contribution in [1.29, 1.82) is 0 Å². The van der Waals surface area contributed by atoms with Gasteiger partial charge in [-0.15, -0.1) is 0 Å². The number of aromatic nitrogens is 2. The molecule has 0 aliphatic carbocycles. The van der Waals surface area contributed by atoms with Gasteiger partial charge in [-0.25, -0.2) is 0 Å². The lowest BCUT2D eigenvalue weighted by atomic mass is 10.2. The second-order valence-corrected chi connectivity index (χ2v) is 4.84. The number of hydrogen-bond donors (Lipinski definition) is 0. The summed E-state index contributed by atoms with van der Waals surface area (Å²) < 4.78 is 6.47. The molecule has 72 valence electrons. The topological polar surface area (TPSA) is 38.9 Å². The van der Waals surface area contributed by atoms with E-state index in [1.807, 2.05) is 28.7 Å². The van der Waals surface area contributed by atoms with E-state index in [9.17, 15) is 0 Å². The van der Waals surface area contributed by atoms with E-state index in [0.29, 0.717) is 14.7 Å². The molecule has 0 radical (unpaired) electrons. The first-order chi connectivity index (χ1) is 6.65. The van der Waals surface area contributed by atoms with Crippen LogP contribution < -0.4 is 0 Å². The minimum absolute atomic E-state index is 0.470. The van der Waals surface area contributed by atoms with Crippen LogP contribution in [0.15, 0.2) is 27.2 Å². The summed E-state index contributed by atoms with van der Waals surface area (Å²) in [6.07, 6.45) is 0. The number of halogens is 3. The predicted octanol–water partition coefficient (Wildman–Crippen LogP) is 3.76. The third-order valence-corrected chi connectivity index (χ3v) is 2.62. The van der Waals surface area contributed by atoms with Gasteiger partial charge in [0, 0.05) is 37.6 Å². The van der Waals surface area contributed by atoms with Crippen molar-refractivity contribution in [3.63, 3.8) is 0 Å². The average molecular weight is 385 g/mol. The standard InChI is InChI=1S/C8H3BrClIN2O/c9-5-1-4(2-6(10)3-5)7-12-8(11)13-14-7/h1-3H. The summed E-state index contributed by atoms with van der Waals surface area (Å²) in [4.78, 5) is 4.09. The summed E-state index contributed by atoms with van der Waals surface area (Å²) >= 11 is 11.2. The van der Waals surface area contributed by atoms with Gasteiger partial charge in [0.25, 0.3) is 5.89 Å². The van der Waals surface area contributed by atoms with Gasteiger partial charge in [0.1, 0.15) is 0 Å². The Balaban J connectivity index is 2.51. The smallest absolute Gasteiger partial charge is 0.258 e. The number of nitrogens with zero attached hydrogens (tertiary/aromatic N) is 2. The summed E-state index contributed by atoms with van der Waals surface area (Å²) in [5.74, 6) is 0.470. The Kier molecular flexibility index (Phi) is 3.08. The molecule has 0 amide bonds. The molecule has 3 nitrogen and oxygen atoms in total. The van der Waals surface area contributed by atoms with E-state index in [0.717, 1.165) is 10.0 Å². The minimum Gasteiger partial charge on any atom is -0.333 e. The first-order valence-electron chi connectivity index (χ1n) is 3.61. The first-order valence-corrected chi connectivity index (χ1v) is 5.86. The van der Waals surface area contributed by atoms with Gasteiger partial charge in [0.2, 0.25) is 3.83 Å². The van der Waals surface area contributed by atoms with Gasteiger partial charge < -0.3 is 4.52 Å². The second kappa shape index (κ2) is 4.16. The van der Waals surface area contributed by atoms with Crippen LogP contribution in [0.2, 0.25) is 5.02 Å². The van der Waals surface area contributed by atoms with Crippen LogP contribution in [0.25, 0.3) is 11.5 Å². The van der Waals surface area contributed by atoms with Gasteiger partial charge in [0.05, 0.1) is 0 Å². The van der Waals surface area contributed by atoms with Crippen molar-refractivity contribution in [2.24, 2.45) is 0 Å². The molecule has 0 unspecified atom stereocenters. The van der Waals surface area contributed by atoms with Crippen LogP contribution in [-0.4, -0.2) is 10.1 Å². The molecule has 0 spiro atoms. The third kappa shape index (κ3) is 2.26. The highest BCUT2D eigenvalue weighted by molar-refractivity contribution is 14.1. The predicted molar refractivity (Wildman–Crippen MR) is 65.2 cm³/mol. The van der Waals surface area contributed by atoms with Gasteiger partial charge in [0.15, 0.2) is 0 Å². The van der Waals surface area contributed by atoms with Crippen LogP contribution in [0.3, 0.4) is 0 Å². The lowest BCUT2D eigenvalue weighted by molar-refractivity contribution is 0.426. The van der Waals surface area contributed by atoms with Gasteiger partial charge in [-0.05, 0) is 18.2 Å². The van der Waals surface area contributed by atoms with Crippen molar-refractivity contribution in [3.05, 3.63) is 31.5 Å². The van der Waals surface area contributed by atoms with Gasteiger partial charge >= 0.3 is 0 Å². The van der Waals surface area contributed by atoms with Crippen LogP contribution in [0.1, 0.15) is 0 Å². The molecule has 0 aliphatic rings. The molecule has 2 aromatic rings. The SMILES string of the molecule is Clc1cc(Br)cc(-c2nc(I)no2)c1. The lowest BCUT2D eigenvalue weighted by Crippen LogP contribution is -1.78. The molecule has 0 bridgehead atoms. The van der Waals surface area contributed by atoms with Crippen LogP contribution in [0, 0.1) is 3.83 Å². The summed E-state index contributed by atoms with van der Waals surface area (Å²) in [5, 5.41) is 4.32. The van der Waals surface area contributed by atoms with E-state index in [1.54, 1.807) is 12.1 Å². The fourth-order valence-corrected chi connectivity index (χ4v) is 2.18. The highest BCUT2D eigenvalue weighted by Crippen LogP contribution is 2.26. The average Bonchev–Trinajstić information content (AvgIpc) is 2.50. The van der Waals surface area contributed by atoms with Gasteiger partial charge in [-0.2, -0.15) is 4.98 Å². The van der Waals surface area contributed by atoms with E-state index in [4.69, 9.17) is 16.1 Å². The highest BCUT2D eigenvalue weighted by atomic mass is 127. The fraction of sp³-hybridized carbons (Fsp3) is 0. The maximum atomic E-state index is 5.89. The molecule has 0 aliphatic heterocycles. The third-order valence-electron chi connectivity index (χ3n) is 1.51. The molecule has 0 saturated carbocycles. The first kappa shape index (κ1) is 10.4. The summed E-state index contributed by atoms with van der Waals surface area (Å²) in [5.41, 5.74) is 0.805. The number of rotatable bonds is 1. The molecule has 1 heterocycles. The molecule has 6 heteroatoms. The zero-order valence-electron chi connectivity index (χ0n) is 6.67. The minimum atomic E-state index is 0.470. The van der Waals surface area contributed by atoms with Crippen LogP contribution in [0.5, 0.6) is 0 Å². The maximum Gasteiger partial charge on any atom is 0.258 e. The Hall–Kier alpha value is -0.140. The number of benzene rings is 1. The summed E-state index contributed by atoms with van der Waals surface area (Å²) in [7, 11) is 0. The van der Waals surface area contributed by atoms with Crippen molar-refractivity contribution in [2.45, 2.75) is 0 Å². The zero-order chi connectivity index (χ0) is 10.1. The largest absolute Gasteiger partial charge is 0.333 e. The van der Waals surface area contributed by atoms with Crippen molar-refractivity contribution in [2.75, 3.05) is 0 Å². The van der Waals surface area contributed by atoms with Gasteiger partial charge in [-0.3, -0.25) is 0 Å². The Bertz CT molecular complexity index is 454. The molecule has 0 fully saturated rings. The summed E-state index contributed by atoms with van der Waals surface area (Å²) in [6.45, 7) is 0. The van der Waals surface area contributed by atoms with Crippen LogP contribution in [-0.2, 0) is 0 Å². The Morgan fingerprint density at radius 2 is 2.14 bits per heavy atom. The van der Waals surface area contributed by atoms with E-state index < -0.39 is 0 Å². The summed E-state index contributed by atoms with van der Waals surface area (Å²) in [6, 6.07) is 5.44. The van der Waals surface area contributed by atoms with E-state index in [-0.39, 0.29) is 0 Å². The molecule has 1 aromatic carbocycles. The zero-order valence-corrected chi connectivity index (χ0v) is 11.2. The van der Waals surface area contributed by atoms with Crippen molar-refractivity contribution >= 4 is 50.1 Å². The fourth-order valence-electron chi connectivity index (χ4n) is 1.00. The van der Waals surface area contributed by atoms with Crippen LogP contribution in [0.4, 0.5) is 0 Å². The molecule has 0 atom stereocenters. The van der Waals surface area contributed by atoms with Crippen molar-refractivity contribution < 1.29 is 4.52 Å². The Labute approximate surface area is 107 Å². The molecule has 14 heavy (non-hydrogen) atoms. The molecule has 0 saturated heterocycles. The molecule has 2 rings (SSSR count). The quantitative estimate of drug-likeness (QED) is 0.702. The molecule has 1 aromatic heterocycles. The molecule has 0 N–H and O–H groups in total. The molecular weight excluding hydrogens is 382 g/mol. The van der Waals surface area contributed by atoms with Gasteiger partial charge in [-0.1, -0.05) is 32.7 Å². The van der Waals surface area contributed by atoms with Crippen LogP contribution >= 0.6 is 50.1 Å². The molecular formula is C8H3BrClIN2O. The van der Waals surface area contributed by atoms with E-state index in [1.165, 1.54) is 0 Å². The highest BCUT2D eigenvalue weighted by Gasteiger charge is 2.08. The Morgan fingerprint density at radius 3 is 2.71 bits per heavy atom. The normalized spacial score (nSPS) is 10.5. The lowest BCUT2D eigenvalue weighted by Gasteiger charge is -1.96. The van der Waals surface area contributed by atoms with E-state index >= 15 is 0 Å². The number of hydrogen-bond acceptors (Lipinski definition) is 3. The van der Waals surface area contributed by atoms with Crippen molar-refractivity contribution in [1.82, 2.24) is 10.1 Å². The van der Waals surface area contributed by atoms with E-state index in [2.05, 4.69) is 26.1 Å².